The van der Waals surface area contributed by atoms with Crippen molar-refractivity contribution >= 4 is 12.0 Å². The Hall–Kier alpha value is -1.26. The molecule has 1 aliphatic carbocycles. The predicted octanol–water partition coefficient (Wildman–Crippen LogP) is 1.20. The lowest BCUT2D eigenvalue weighted by Crippen LogP contribution is -2.40. The summed E-state index contributed by atoms with van der Waals surface area (Å²) < 4.78 is 0. The number of nitrogens with one attached hydrogen (secondary N) is 2. The topological polar surface area (TPSA) is 78.4 Å². The first kappa shape index (κ1) is 12.8. The minimum atomic E-state index is -0.843. The van der Waals surface area contributed by atoms with Gasteiger partial charge in [0.15, 0.2) is 0 Å². The van der Waals surface area contributed by atoms with Crippen LogP contribution in [-0.4, -0.2) is 30.2 Å². The van der Waals surface area contributed by atoms with Gasteiger partial charge in [-0.1, -0.05) is 13.3 Å². The molecule has 92 valence electrons. The highest BCUT2D eigenvalue weighted by molar-refractivity contribution is 5.75. The average Bonchev–Trinajstić information content (AvgIpc) is 3.04. The van der Waals surface area contributed by atoms with E-state index in [2.05, 4.69) is 10.6 Å². The summed E-state index contributed by atoms with van der Waals surface area (Å²) >= 11 is 0. The van der Waals surface area contributed by atoms with Crippen LogP contribution in [0.3, 0.4) is 0 Å². The molecule has 5 heteroatoms. The van der Waals surface area contributed by atoms with Crippen molar-refractivity contribution < 1.29 is 14.7 Å². The first-order valence-electron chi connectivity index (χ1n) is 5.88. The number of rotatable bonds is 7. The van der Waals surface area contributed by atoms with Gasteiger partial charge in [0, 0.05) is 13.1 Å². The highest BCUT2D eigenvalue weighted by Crippen LogP contribution is 2.27. The van der Waals surface area contributed by atoms with E-state index in [9.17, 15) is 9.59 Å². The molecule has 0 radical (unpaired) electrons. The van der Waals surface area contributed by atoms with E-state index >= 15 is 0 Å². The molecule has 1 fully saturated rings. The van der Waals surface area contributed by atoms with Crippen LogP contribution in [0.1, 0.15) is 32.6 Å². The van der Waals surface area contributed by atoms with Crippen LogP contribution in [0.2, 0.25) is 0 Å². The molecule has 0 aromatic carbocycles. The van der Waals surface area contributed by atoms with Crippen LogP contribution in [0.4, 0.5) is 4.79 Å². The van der Waals surface area contributed by atoms with Crippen LogP contribution in [0.5, 0.6) is 0 Å². The van der Waals surface area contributed by atoms with E-state index in [-0.39, 0.29) is 12.6 Å². The third-order valence-corrected chi connectivity index (χ3v) is 2.74. The van der Waals surface area contributed by atoms with Crippen molar-refractivity contribution in [3.05, 3.63) is 0 Å². The van der Waals surface area contributed by atoms with Crippen molar-refractivity contribution in [2.75, 3.05) is 13.1 Å². The van der Waals surface area contributed by atoms with Gasteiger partial charge in [-0.05, 0) is 25.2 Å². The molecule has 0 aliphatic heterocycles. The van der Waals surface area contributed by atoms with Crippen LogP contribution in [0, 0.1) is 11.8 Å². The molecule has 0 bridgehead atoms. The van der Waals surface area contributed by atoms with Crippen LogP contribution in [0.15, 0.2) is 0 Å². The maximum Gasteiger partial charge on any atom is 0.314 e. The number of carboxylic acids is 1. The molecule has 1 unspecified atom stereocenters. The summed E-state index contributed by atoms with van der Waals surface area (Å²) in [5.41, 5.74) is 0. The molecule has 5 nitrogen and oxygen atoms in total. The zero-order valence-corrected chi connectivity index (χ0v) is 9.66. The molecular formula is C11H20N2O3. The Morgan fingerprint density at radius 1 is 1.38 bits per heavy atom. The summed E-state index contributed by atoms with van der Waals surface area (Å²) in [6.45, 7) is 2.85. The van der Waals surface area contributed by atoms with E-state index < -0.39 is 11.9 Å². The highest BCUT2D eigenvalue weighted by atomic mass is 16.4. The molecule has 0 aromatic rings. The Labute approximate surface area is 95.6 Å². The van der Waals surface area contributed by atoms with Gasteiger partial charge >= 0.3 is 12.0 Å². The lowest BCUT2D eigenvalue weighted by molar-refractivity contribution is -0.141. The standard InChI is InChI=1S/C11H20N2O3/c1-2-3-9(10(14)15)7-13-11(16)12-6-8-4-5-8/h8-9H,2-7H2,1H3,(H,14,15)(H2,12,13,16). The molecule has 2 amide bonds. The molecule has 0 spiro atoms. The third kappa shape index (κ3) is 5.00. The van der Waals surface area contributed by atoms with Crippen LogP contribution < -0.4 is 10.6 Å². The molecule has 0 heterocycles. The number of hydrogen-bond acceptors (Lipinski definition) is 2. The van der Waals surface area contributed by atoms with E-state index in [1.165, 1.54) is 12.8 Å². The molecule has 16 heavy (non-hydrogen) atoms. The van der Waals surface area contributed by atoms with Gasteiger partial charge in [0.1, 0.15) is 0 Å². The maximum absolute atomic E-state index is 11.3. The van der Waals surface area contributed by atoms with Crippen molar-refractivity contribution in [1.29, 1.82) is 0 Å². The lowest BCUT2D eigenvalue weighted by atomic mass is 10.0. The third-order valence-electron chi connectivity index (χ3n) is 2.74. The van der Waals surface area contributed by atoms with Crippen LogP contribution in [-0.2, 0) is 4.79 Å². The summed E-state index contributed by atoms with van der Waals surface area (Å²) in [6.07, 6.45) is 3.78. The molecule has 1 aliphatic rings. The van der Waals surface area contributed by atoms with Gasteiger partial charge in [-0.3, -0.25) is 4.79 Å². The molecule has 1 saturated carbocycles. The fourth-order valence-electron chi connectivity index (χ4n) is 1.50. The summed E-state index contributed by atoms with van der Waals surface area (Å²) in [7, 11) is 0. The summed E-state index contributed by atoms with van der Waals surface area (Å²) in [5.74, 6) is -0.683. The van der Waals surface area contributed by atoms with Crippen molar-refractivity contribution in [1.82, 2.24) is 10.6 Å². The van der Waals surface area contributed by atoms with Crippen molar-refractivity contribution in [3.63, 3.8) is 0 Å². The van der Waals surface area contributed by atoms with Crippen molar-refractivity contribution in [2.24, 2.45) is 11.8 Å². The molecule has 3 N–H and O–H groups in total. The minimum absolute atomic E-state index is 0.208. The van der Waals surface area contributed by atoms with Gasteiger partial charge in [-0.15, -0.1) is 0 Å². The van der Waals surface area contributed by atoms with Gasteiger partial charge in [0.25, 0.3) is 0 Å². The smallest absolute Gasteiger partial charge is 0.314 e. The summed E-state index contributed by atoms with van der Waals surface area (Å²) in [5, 5.41) is 14.2. The second-order valence-corrected chi connectivity index (χ2v) is 4.36. The molecule has 0 saturated heterocycles. The van der Waals surface area contributed by atoms with E-state index in [1.54, 1.807) is 0 Å². The largest absolute Gasteiger partial charge is 0.481 e. The number of carboxylic acid groups (broad SMARTS) is 1. The van der Waals surface area contributed by atoms with E-state index in [1.807, 2.05) is 6.92 Å². The number of amides is 2. The monoisotopic (exact) mass is 228 g/mol. The van der Waals surface area contributed by atoms with Crippen LogP contribution in [0.25, 0.3) is 0 Å². The Balaban J connectivity index is 2.13. The number of carbonyl (C=O) groups excluding carboxylic acids is 1. The maximum atomic E-state index is 11.3. The van der Waals surface area contributed by atoms with E-state index in [0.717, 1.165) is 6.42 Å². The first-order valence-corrected chi connectivity index (χ1v) is 5.88. The quantitative estimate of drug-likeness (QED) is 0.612. The second-order valence-electron chi connectivity index (χ2n) is 4.36. The van der Waals surface area contributed by atoms with E-state index in [0.29, 0.717) is 18.9 Å². The first-order chi connectivity index (χ1) is 7.63. The highest BCUT2D eigenvalue weighted by Gasteiger charge is 2.22. The zero-order valence-electron chi connectivity index (χ0n) is 9.66. The molecule has 1 atom stereocenters. The average molecular weight is 228 g/mol. The SMILES string of the molecule is CCCC(CNC(=O)NCC1CC1)C(=O)O. The fraction of sp³-hybridized carbons (Fsp3) is 0.818. The van der Waals surface area contributed by atoms with Gasteiger partial charge in [0.2, 0.25) is 0 Å². The summed E-state index contributed by atoms with van der Waals surface area (Å²) in [4.78, 5) is 22.1. The lowest BCUT2D eigenvalue weighted by Gasteiger charge is -2.12. The normalized spacial score (nSPS) is 16.6. The van der Waals surface area contributed by atoms with Gasteiger partial charge in [-0.25, -0.2) is 4.79 Å². The Morgan fingerprint density at radius 3 is 2.56 bits per heavy atom. The molecular weight excluding hydrogens is 208 g/mol. The Bertz CT molecular complexity index is 252. The fourth-order valence-corrected chi connectivity index (χ4v) is 1.50. The number of urea groups is 1. The Morgan fingerprint density at radius 2 is 2.06 bits per heavy atom. The van der Waals surface area contributed by atoms with Crippen molar-refractivity contribution in [3.8, 4) is 0 Å². The minimum Gasteiger partial charge on any atom is -0.481 e. The molecule has 1 rings (SSSR count). The predicted molar refractivity (Wildman–Crippen MR) is 60.2 cm³/mol. The van der Waals surface area contributed by atoms with E-state index in [4.69, 9.17) is 5.11 Å². The number of aliphatic carboxylic acids is 1. The number of carbonyl (C=O) groups is 2. The second kappa shape index (κ2) is 6.35. The number of hydrogen-bond donors (Lipinski definition) is 3. The van der Waals surface area contributed by atoms with Gasteiger partial charge in [-0.2, -0.15) is 0 Å². The Kier molecular flexibility index (Phi) is 5.08. The van der Waals surface area contributed by atoms with Crippen molar-refractivity contribution in [2.45, 2.75) is 32.6 Å². The van der Waals surface area contributed by atoms with Gasteiger partial charge in [0.05, 0.1) is 5.92 Å². The van der Waals surface area contributed by atoms with Gasteiger partial charge < -0.3 is 15.7 Å². The van der Waals surface area contributed by atoms with Crippen LogP contribution >= 0.6 is 0 Å². The molecule has 0 aromatic heterocycles. The summed E-state index contributed by atoms with van der Waals surface area (Å²) in [6, 6.07) is -0.255. The zero-order chi connectivity index (χ0) is 12.0.